The van der Waals surface area contributed by atoms with Crippen LogP contribution in [0.5, 0.6) is 0 Å². The van der Waals surface area contributed by atoms with Gasteiger partial charge in [-0.15, -0.1) is 0 Å². The highest BCUT2D eigenvalue weighted by Gasteiger charge is 2.21. The largest absolute Gasteiger partial charge is 0.336 e. The Labute approximate surface area is 191 Å². The summed E-state index contributed by atoms with van der Waals surface area (Å²) in [6, 6.07) is 14.5. The number of hydrogen-bond donors (Lipinski definition) is 1. The minimum atomic E-state index is 0.0435. The van der Waals surface area contributed by atoms with Crippen molar-refractivity contribution in [3.05, 3.63) is 70.3 Å². The van der Waals surface area contributed by atoms with Crippen LogP contribution in [0.2, 0.25) is 10.0 Å². The Morgan fingerprint density at radius 3 is 2.61 bits per heavy atom. The van der Waals surface area contributed by atoms with Gasteiger partial charge in [-0.05, 0) is 49.0 Å². The van der Waals surface area contributed by atoms with Gasteiger partial charge in [-0.3, -0.25) is 4.79 Å². The first-order valence-corrected chi connectivity index (χ1v) is 11.0. The molecule has 8 heteroatoms. The molecule has 0 aliphatic carbocycles. The van der Waals surface area contributed by atoms with Crippen molar-refractivity contribution < 1.29 is 4.79 Å². The van der Waals surface area contributed by atoms with E-state index in [2.05, 4.69) is 27.1 Å². The average molecular weight is 456 g/mol. The molecule has 2 heterocycles. The van der Waals surface area contributed by atoms with E-state index in [0.29, 0.717) is 27.3 Å². The topological polar surface area (TPSA) is 61.4 Å². The van der Waals surface area contributed by atoms with Crippen LogP contribution in [-0.2, 0) is 0 Å². The average Bonchev–Trinajstić information content (AvgIpc) is 2.79. The normalized spacial score (nSPS) is 14.5. The molecule has 0 spiro atoms. The molecule has 0 unspecified atom stereocenters. The number of anilines is 2. The fraction of sp³-hybridized carbons (Fsp3) is 0.261. The van der Waals surface area contributed by atoms with Crippen molar-refractivity contribution in [2.45, 2.75) is 6.92 Å². The summed E-state index contributed by atoms with van der Waals surface area (Å²) in [7, 11) is 0. The lowest BCUT2D eigenvalue weighted by Crippen LogP contribution is -2.48. The van der Waals surface area contributed by atoms with E-state index in [1.807, 2.05) is 35.2 Å². The first-order chi connectivity index (χ1) is 15.0. The van der Waals surface area contributed by atoms with Crippen molar-refractivity contribution in [2.24, 2.45) is 0 Å². The third-order valence-corrected chi connectivity index (χ3v) is 5.88. The highest BCUT2D eigenvalue weighted by atomic mass is 35.5. The third-order valence-electron chi connectivity index (χ3n) is 5.34. The number of halogens is 2. The molecule has 1 saturated heterocycles. The Bertz CT molecular complexity index is 1080. The zero-order valence-electron chi connectivity index (χ0n) is 17.2. The summed E-state index contributed by atoms with van der Waals surface area (Å²) < 4.78 is 0. The molecule has 0 atom stereocenters. The Kier molecular flexibility index (Phi) is 6.70. The molecule has 160 valence electrons. The Morgan fingerprint density at radius 2 is 1.87 bits per heavy atom. The number of hydrogen-bond acceptors (Lipinski definition) is 5. The molecule has 1 aromatic heterocycles. The summed E-state index contributed by atoms with van der Waals surface area (Å²) in [6.07, 6.45) is 1.66. The van der Waals surface area contributed by atoms with Gasteiger partial charge in [0.1, 0.15) is 0 Å². The van der Waals surface area contributed by atoms with Gasteiger partial charge in [-0.25, -0.2) is 9.97 Å². The van der Waals surface area contributed by atoms with Crippen molar-refractivity contribution in [1.82, 2.24) is 19.8 Å². The molecule has 3 aromatic rings. The lowest BCUT2D eigenvalue weighted by atomic mass is 10.1. The van der Waals surface area contributed by atoms with Gasteiger partial charge in [0, 0.05) is 54.2 Å². The molecular formula is C23H23Cl2N5O. The molecule has 0 saturated carbocycles. The summed E-state index contributed by atoms with van der Waals surface area (Å²) in [4.78, 5) is 26.0. The lowest BCUT2D eigenvalue weighted by Gasteiger charge is -2.34. The molecule has 1 N–H and O–H groups in total. The number of aromatic nitrogens is 2. The van der Waals surface area contributed by atoms with Gasteiger partial charge in [-0.1, -0.05) is 36.2 Å². The van der Waals surface area contributed by atoms with Crippen LogP contribution in [0.3, 0.4) is 0 Å². The van der Waals surface area contributed by atoms with Crippen LogP contribution >= 0.6 is 23.2 Å². The number of amides is 1. The first-order valence-electron chi connectivity index (χ1n) is 10.2. The van der Waals surface area contributed by atoms with Crippen LogP contribution < -0.4 is 5.32 Å². The van der Waals surface area contributed by atoms with Crippen molar-refractivity contribution in [1.29, 1.82) is 0 Å². The number of likely N-dealkylation sites (N-methyl/N-ethyl adjacent to an activating group) is 1. The van der Waals surface area contributed by atoms with E-state index in [1.54, 1.807) is 24.4 Å². The summed E-state index contributed by atoms with van der Waals surface area (Å²) in [5.74, 6) is 0.465. The quantitative estimate of drug-likeness (QED) is 0.588. The summed E-state index contributed by atoms with van der Waals surface area (Å²) in [5, 5.41) is 4.28. The maximum atomic E-state index is 12.9. The first kappa shape index (κ1) is 21.6. The van der Waals surface area contributed by atoms with Gasteiger partial charge >= 0.3 is 0 Å². The number of nitrogens with one attached hydrogen (secondary N) is 1. The van der Waals surface area contributed by atoms with E-state index in [0.717, 1.165) is 44.0 Å². The van der Waals surface area contributed by atoms with E-state index < -0.39 is 0 Å². The molecule has 1 amide bonds. The zero-order chi connectivity index (χ0) is 21.8. The summed E-state index contributed by atoms with van der Waals surface area (Å²) in [5.41, 5.74) is 2.84. The summed E-state index contributed by atoms with van der Waals surface area (Å²) in [6.45, 7) is 6.48. The highest BCUT2D eigenvalue weighted by molar-refractivity contribution is 6.36. The van der Waals surface area contributed by atoms with Crippen LogP contribution in [0.25, 0.3) is 11.3 Å². The van der Waals surface area contributed by atoms with Gasteiger partial charge in [-0.2, -0.15) is 0 Å². The predicted octanol–water partition coefficient (Wildman–Crippen LogP) is 4.97. The second-order valence-corrected chi connectivity index (χ2v) is 8.17. The molecule has 1 fully saturated rings. The van der Waals surface area contributed by atoms with Gasteiger partial charge in [0.05, 0.1) is 10.7 Å². The molecule has 0 radical (unpaired) electrons. The number of nitrogens with zero attached hydrogens (tertiary/aromatic N) is 4. The maximum Gasteiger partial charge on any atom is 0.254 e. The van der Waals surface area contributed by atoms with Crippen molar-refractivity contribution in [2.75, 3.05) is 38.0 Å². The van der Waals surface area contributed by atoms with Crippen LogP contribution in [-0.4, -0.2) is 58.4 Å². The fourth-order valence-corrected chi connectivity index (χ4v) is 4.08. The molecular weight excluding hydrogens is 433 g/mol. The molecule has 0 bridgehead atoms. The van der Waals surface area contributed by atoms with Gasteiger partial charge in [0.2, 0.25) is 5.95 Å². The molecule has 1 aliphatic heterocycles. The Hall–Kier alpha value is -2.67. The molecule has 2 aromatic carbocycles. The number of piperazine rings is 1. The standard InChI is InChI=1S/C23H23Cl2N5O/c1-2-29-10-12-30(13-11-29)22(31)16-4-3-5-18(14-16)27-23-26-9-8-21(28-23)19-7-6-17(24)15-20(19)25/h3-9,14-15H,2,10-13H2,1H3,(H,26,27,28). The number of carbonyl (C=O) groups excluding carboxylic acids is 1. The second-order valence-electron chi connectivity index (χ2n) is 7.32. The van der Waals surface area contributed by atoms with Gasteiger partial charge < -0.3 is 15.1 Å². The number of rotatable bonds is 5. The molecule has 6 nitrogen and oxygen atoms in total. The fourth-order valence-electron chi connectivity index (χ4n) is 3.57. The number of carbonyl (C=O) groups is 1. The lowest BCUT2D eigenvalue weighted by molar-refractivity contribution is 0.0643. The van der Waals surface area contributed by atoms with E-state index in [1.165, 1.54) is 0 Å². The maximum absolute atomic E-state index is 12.9. The highest BCUT2D eigenvalue weighted by Crippen LogP contribution is 2.29. The third kappa shape index (κ3) is 5.15. The monoisotopic (exact) mass is 455 g/mol. The molecule has 1 aliphatic rings. The van der Waals surface area contributed by atoms with E-state index in [4.69, 9.17) is 23.2 Å². The van der Waals surface area contributed by atoms with Crippen LogP contribution in [0.1, 0.15) is 17.3 Å². The predicted molar refractivity (Wildman–Crippen MR) is 125 cm³/mol. The van der Waals surface area contributed by atoms with Gasteiger partial charge in [0.15, 0.2) is 0 Å². The van der Waals surface area contributed by atoms with Crippen LogP contribution in [0.4, 0.5) is 11.6 Å². The minimum Gasteiger partial charge on any atom is -0.336 e. The summed E-state index contributed by atoms with van der Waals surface area (Å²) >= 11 is 12.3. The minimum absolute atomic E-state index is 0.0435. The molecule has 31 heavy (non-hydrogen) atoms. The SMILES string of the molecule is CCN1CCN(C(=O)c2cccc(Nc3nccc(-c4ccc(Cl)cc4Cl)n3)c2)CC1. The van der Waals surface area contributed by atoms with Crippen molar-refractivity contribution >= 4 is 40.7 Å². The van der Waals surface area contributed by atoms with E-state index >= 15 is 0 Å². The zero-order valence-corrected chi connectivity index (χ0v) is 18.7. The van der Waals surface area contributed by atoms with E-state index in [9.17, 15) is 4.79 Å². The number of benzene rings is 2. The second kappa shape index (κ2) is 9.64. The smallest absolute Gasteiger partial charge is 0.254 e. The molecule has 4 rings (SSSR count). The van der Waals surface area contributed by atoms with Gasteiger partial charge in [0.25, 0.3) is 5.91 Å². The van der Waals surface area contributed by atoms with Crippen LogP contribution in [0, 0.1) is 0 Å². The van der Waals surface area contributed by atoms with Crippen molar-refractivity contribution in [3.63, 3.8) is 0 Å². The van der Waals surface area contributed by atoms with Crippen LogP contribution in [0.15, 0.2) is 54.7 Å². The van der Waals surface area contributed by atoms with E-state index in [-0.39, 0.29) is 5.91 Å². The Balaban J connectivity index is 1.50. The van der Waals surface area contributed by atoms with Crippen molar-refractivity contribution in [3.8, 4) is 11.3 Å². The Morgan fingerprint density at radius 1 is 1.06 bits per heavy atom.